The number of rotatable bonds is 8. The first-order valence-electron chi connectivity index (χ1n) is 11.0. The molecule has 1 saturated carbocycles. The molecule has 1 heterocycles. The molecule has 0 spiro atoms. The summed E-state index contributed by atoms with van der Waals surface area (Å²) in [7, 11) is 0. The molecule has 1 saturated heterocycles. The van der Waals surface area contributed by atoms with Crippen molar-refractivity contribution in [3.05, 3.63) is 69.7 Å². The van der Waals surface area contributed by atoms with Gasteiger partial charge in [-0.15, -0.1) is 0 Å². The van der Waals surface area contributed by atoms with Crippen LogP contribution in [0.4, 0.5) is 0 Å². The molecule has 0 bridgehead atoms. The van der Waals surface area contributed by atoms with E-state index in [0.717, 1.165) is 30.0 Å². The quantitative estimate of drug-likeness (QED) is 0.455. The smallest absolute Gasteiger partial charge is 0.223 e. The van der Waals surface area contributed by atoms with E-state index in [2.05, 4.69) is 17.9 Å². The number of ether oxygens (including phenoxy) is 1. The molecule has 2 fully saturated rings. The molecule has 3 nitrogen and oxygen atoms in total. The average molecular weight is 446 g/mol. The lowest BCUT2D eigenvalue weighted by Crippen LogP contribution is -2.49. The fourth-order valence-electron chi connectivity index (χ4n) is 4.53. The van der Waals surface area contributed by atoms with Crippen LogP contribution in [0.25, 0.3) is 0 Å². The van der Waals surface area contributed by atoms with E-state index in [4.69, 9.17) is 27.9 Å². The van der Waals surface area contributed by atoms with Crippen molar-refractivity contribution in [2.24, 2.45) is 5.92 Å². The summed E-state index contributed by atoms with van der Waals surface area (Å²) in [5, 5.41) is 1.43. The third-order valence-corrected chi connectivity index (χ3v) is 6.84. The number of hydrogen-bond acceptors (Lipinski definition) is 2. The maximum Gasteiger partial charge on any atom is 0.223 e. The number of likely N-dealkylation sites (tertiary alicyclic amines) is 1. The van der Waals surface area contributed by atoms with E-state index in [1.54, 1.807) is 0 Å². The van der Waals surface area contributed by atoms with Crippen LogP contribution in [-0.2, 0) is 9.53 Å². The van der Waals surface area contributed by atoms with E-state index in [9.17, 15) is 4.79 Å². The van der Waals surface area contributed by atoms with E-state index in [1.807, 2.05) is 42.5 Å². The van der Waals surface area contributed by atoms with Crippen LogP contribution in [0.15, 0.2) is 48.5 Å². The molecule has 2 aliphatic rings. The second kappa shape index (κ2) is 9.72. The predicted octanol–water partition coefficient (Wildman–Crippen LogP) is 6.65. The van der Waals surface area contributed by atoms with Gasteiger partial charge < -0.3 is 9.64 Å². The van der Waals surface area contributed by atoms with E-state index < -0.39 is 0 Å². The molecule has 2 aromatic rings. The molecule has 5 heteroatoms. The van der Waals surface area contributed by atoms with Crippen molar-refractivity contribution in [3.63, 3.8) is 0 Å². The van der Waals surface area contributed by atoms with Crippen molar-refractivity contribution >= 4 is 29.1 Å². The molecule has 0 radical (unpaired) electrons. The van der Waals surface area contributed by atoms with Crippen LogP contribution in [0.2, 0.25) is 10.0 Å². The molecule has 160 valence electrons. The maximum absolute atomic E-state index is 13.2. The summed E-state index contributed by atoms with van der Waals surface area (Å²) in [5.41, 5.74) is 2.28. The molecule has 3 atom stereocenters. The van der Waals surface area contributed by atoms with Gasteiger partial charge in [0.2, 0.25) is 5.91 Å². The number of benzene rings is 2. The van der Waals surface area contributed by atoms with Gasteiger partial charge in [-0.3, -0.25) is 4.79 Å². The largest absolute Gasteiger partial charge is 0.379 e. The monoisotopic (exact) mass is 445 g/mol. The highest BCUT2D eigenvalue weighted by Gasteiger charge is 2.41. The van der Waals surface area contributed by atoms with Gasteiger partial charge in [-0.2, -0.15) is 0 Å². The first-order chi connectivity index (χ1) is 14.6. The molecule has 0 aromatic heterocycles. The van der Waals surface area contributed by atoms with Crippen molar-refractivity contribution < 1.29 is 9.53 Å². The summed E-state index contributed by atoms with van der Waals surface area (Å²) in [6, 6.07) is 16.0. The zero-order valence-electron chi connectivity index (χ0n) is 17.4. The Morgan fingerprint density at radius 1 is 1.03 bits per heavy atom. The van der Waals surface area contributed by atoms with Crippen molar-refractivity contribution in [1.82, 2.24) is 4.90 Å². The SMILES string of the molecule is CCC(COCC1CC1)N1C(=O)CCC(c2cccc(Cl)c2)C1c1ccc(Cl)cc1. The van der Waals surface area contributed by atoms with Crippen molar-refractivity contribution in [1.29, 1.82) is 0 Å². The number of carbonyl (C=O) groups is 1. The van der Waals surface area contributed by atoms with Crippen molar-refractivity contribution in [3.8, 4) is 0 Å². The Morgan fingerprint density at radius 3 is 2.47 bits per heavy atom. The van der Waals surface area contributed by atoms with Gasteiger partial charge in [-0.25, -0.2) is 0 Å². The van der Waals surface area contributed by atoms with Gasteiger partial charge in [-0.1, -0.05) is 54.4 Å². The molecular formula is C25H29Cl2NO2. The molecular weight excluding hydrogens is 417 g/mol. The number of halogens is 2. The van der Waals surface area contributed by atoms with Gasteiger partial charge in [0.1, 0.15) is 0 Å². The Hall–Kier alpha value is -1.55. The summed E-state index contributed by atoms with van der Waals surface area (Å²) < 4.78 is 6.04. The van der Waals surface area contributed by atoms with Crippen LogP contribution >= 0.6 is 23.2 Å². The second-order valence-electron chi connectivity index (χ2n) is 8.54. The lowest BCUT2D eigenvalue weighted by atomic mass is 9.79. The Labute approximate surface area is 189 Å². The van der Waals surface area contributed by atoms with Crippen molar-refractivity contribution in [2.45, 2.75) is 57.0 Å². The Kier molecular flexibility index (Phi) is 7.02. The van der Waals surface area contributed by atoms with Gasteiger partial charge in [0, 0.05) is 29.0 Å². The maximum atomic E-state index is 13.2. The van der Waals surface area contributed by atoms with Crippen LogP contribution in [0.5, 0.6) is 0 Å². The van der Waals surface area contributed by atoms with Gasteiger partial charge in [-0.05, 0) is 67.0 Å². The minimum atomic E-state index is -0.0588. The Morgan fingerprint density at radius 2 is 1.80 bits per heavy atom. The van der Waals surface area contributed by atoms with Crippen LogP contribution in [0, 0.1) is 5.92 Å². The number of carbonyl (C=O) groups excluding carboxylic acids is 1. The summed E-state index contributed by atoms with van der Waals surface area (Å²) in [6.45, 7) is 3.54. The minimum absolute atomic E-state index is 0.0545. The van der Waals surface area contributed by atoms with E-state index in [-0.39, 0.29) is 23.9 Å². The number of nitrogens with zero attached hydrogens (tertiary/aromatic N) is 1. The molecule has 4 rings (SSSR count). The zero-order chi connectivity index (χ0) is 21.1. The molecule has 0 N–H and O–H groups in total. The average Bonchev–Trinajstić information content (AvgIpc) is 3.56. The van der Waals surface area contributed by atoms with Gasteiger partial charge in [0.05, 0.1) is 18.7 Å². The Balaban J connectivity index is 1.68. The fourth-order valence-corrected chi connectivity index (χ4v) is 4.86. The molecule has 30 heavy (non-hydrogen) atoms. The summed E-state index contributed by atoms with van der Waals surface area (Å²) in [5.74, 6) is 1.10. The summed E-state index contributed by atoms with van der Waals surface area (Å²) in [4.78, 5) is 15.3. The van der Waals surface area contributed by atoms with Crippen LogP contribution in [0.3, 0.4) is 0 Å². The number of amides is 1. The van der Waals surface area contributed by atoms with E-state index in [1.165, 1.54) is 18.4 Å². The first kappa shape index (κ1) is 21.7. The van der Waals surface area contributed by atoms with Gasteiger partial charge in [0.25, 0.3) is 0 Å². The molecule has 1 aliphatic carbocycles. The van der Waals surface area contributed by atoms with Crippen molar-refractivity contribution in [2.75, 3.05) is 13.2 Å². The molecule has 1 amide bonds. The highest BCUT2D eigenvalue weighted by atomic mass is 35.5. The highest BCUT2D eigenvalue weighted by molar-refractivity contribution is 6.30. The first-order valence-corrected chi connectivity index (χ1v) is 11.7. The normalized spacial score (nSPS) is 22.9. The standard InChI is InChI=1S/C25H29Cl2NO2/c1-2-22(16-30-15-17-6-7-17)28-24(29)13-12-23(19-4-3-5-21(27)14-19)25(28)18-8-10-20(26)11-9-18/h3-5,8-11,14,17,22-23,25H,2,6-7,12-13,15-16H2,1H3. The van der Waals surface area contributed by atoms with Crippen LogP contribution in [-0.4, -0.2) is 30.1 Å². The summed E-state index contributed by atoms with van der Waals surface area (Å²) >= 11 is 12.5. The van der Waals surface area contributed by atoms with E-state index >= 15 is 0 Å². The topological polar surface area (TPSA) is 29.5 Å². The highest BCUT2D eigenvalue weighted by Crippen LogP contribution is 2.45. The number of piperidine rings is 1. The lowest BCUT2D eigenvalue weighted by molar-refractivity contribution is -0.143. The lowest BCUT2D eigenvalue weighted by Gasteiger charge is -2.45. The molecule has 3 unspecified atom stereocenters. The molecule has 1 aliphatic heterocycles. The van der Waals surface area contributed by atoms with Gasteiger partial charge in [0.15, 0.2) is 0 Å². The van der Waals surface area contributed by atoms with Crippen LogP contribution < -0.4 is 0 Å². The molecule has 2 aromatic carbocycles. The minimum Gasteiger partial charge on any atom is -0.379 e. The number of hydrogen-bond donors (Lipinski definition) is 0. The fraction of sp³-hybridized carbons (Fsp3) is 0.480. The third-order valence-electron chi connectivity index (χ3n) is 6.35. The van der Waals surface area contributed by atoms with E-state index in [0.29, 0.717) is 24.0 Å². The Bertz CT molecular complexity index is 866. The third kappa shape index (κ3) is 5.01. The van der Waals surface area contributed by atoms with Crippen LogP contribution in [0.1, 0.15) is 62.1 Å². The predicted molar refractivity (Wildman–Crippen MR) is 122 cm³/mol. The summed E-state index contributed by atoms with van der Waals surface area (Å²) in [6.07, 6.45) is 4.75. The second-order valence-corrected chi connectivity index (χ2v) is 9.41. The zero-order valence-corrected chi connectivity index (χ0v) is 18.9. The van der Waals surface area contributed by atoms with Gasteiger partial charge >= 0.3 is 0 Å².